The molecule has 0 spiro atoms. The molecule has 160 valence electrons. The summed E-state index contributed by atoms with van der Waals surface area (Å²) in [4.78, 5) is 18.3. The average molecular weight is 427 g/mol. The van der Waals surface area contributed by atoms with E-state index in [1.807, 2.05) is 6.07 Å². The Morgan fingerprint density at radius 3 is 2.38 bits per heavy atom. The molecule has 2 rings (SSSR count). The summed E-state index contributed by atoms with van der Waals surface area (Å²) in [6, 6.07) is 4.97. The monoisotopic (exact) mass is 427 g/mol. The van der Waals surface area contributed by atoms with E-state index < -0.39 is 25.4 Å². The van der Waals surface area contributed by atoms with Crippen molar-refractivity contribution in [1.82, 2.24) is 5.06 Å². The van der Waals surface area contributed by atoms with Gasteiger partial charge in [0.25, 0.3) is 5.91 Å². The number of nitrogens with zero attached hydrogens (tertiary/aromatic N) is 2. The van der Waals surface area contributed by atoms with Gasteiger partial charge in [0.1, 0.15) is 11.9 Å². The van der Waals surface area contributed by atoms with E-state index >= 15 is 0 Å². The van der Waals surface area contributed by atoms with Crippen LogP contribution in [0.1, 0.15) is 25.8 Å². The molecule has 1 aromatic carbocycles. The minimum atomic E-state index is -3.49. The second-order valence-electron chi connectivity index (χ2n) is 6.09. The van der Waals surface area contributed by atoms with Crippen molar-refractivity contribution in [3.8, 4) is 17.6 Å². The molecule has 1 aromatic rings. The number of carbonyl (C=O) groups excluding carboxylic acids is 1. The molecule has 0 aliphatic carbocycles. The fraction of sp³-hybridized carbons (Fsp3) is 0.556. The lowest BCUT2D eigenvalue weighted by molar-refractivity contribution is -0.155. The maximum atomic E-state index is 13.0. The molecule has 1 amide bonds. The van der Waals surface area contributed by atoms with Gasteiger partial charge in [0.2, 0.25) is 0 Å². The van der Waals surface area contributed by atoms with E-state index in [0.29, 0.717) is 11.5 Å². The Balaban J connectivity index is 2.20. The summed E-state index contributed by atoms with van der Waals surface area (Å²) in [5.41, 5.74) is 0.454. The number of nitriles is 1. The largest absolute Gasteiger partial charge is 0.493 e. The normalized spacial score (nSPS) is 19.6. The van der Waals surface area contributed by atoms with Gasteiger partial charge in [-0.25, -0.2) is 0 Å². The lowest BCUT2D eigenvalue weighted by Crippen LogP contribution is -2.28. The summed E-state index contributed by atoms with van der Waals surface area (Å²) < 4.78 is 34.2. The van der Waals surface area contributed by atoms with Gasteiger partial charge in [0.05, 0.1) is 38.7 Å². The van der Waals surface area contributed by atoms with Crippen LogP contribution in [0.15, 0.2) is 12.1 Å². The van der Waals surface area contributed by atoms with Crippen molar-refractivity contribution >= 4 is 19.2 Å². The molecule has 29 heavy (non-hydrogen) atoms. The van der Waals surface area contributed by atoms with E-state index in [4.69, 9.17) is 23.4 Å². The summed E-state index contributed by atoms with van der Waals surface area (Å²) in [5.74, 6) is -0.490. The lowest BCUT2D eigenvalue weighted by Gasteiger charge is -2.25. The Kier molecular flexibility index (Phi) is 8.02. The van der Waals surface area contributed by atoms with Crippen molar-refractivity contribution in [2.45, 2.75) is 32.2 Å². The van der Waals surface area contributed by atoms with Crippen LogP contribution in [0.25, 0.3) is 0 Å². The number of hydroxylamine groups is 2. The highest BCUT2D eigenvalue weighted by molar-refractivity contribution is 7.54. The van der Waals surface area contributed by atoms with Crippen molar-refractivity contribution in [1.29, 1.82) is 5.26 Å². The van der Waals surface area contributed by atoms with Gasteiger partial charge >= 0.3 is 7.60 Å². The predicted octanol–water partition coefficient (Wildman–Crippen LogP) is 2.74. The predicted molar refractivity (Wildman–Crippen MR) is 105 cm³/mol. The molecule has 0 saturated carbocycles. The van der Waals surface area contributed by atoms with Crippen molar-refractivity contribution in [2.24, 2.45) is 0 Å². The van der Waals surface area contributed by atoms with E-state index in [2.05, 4.69) is 5.32 Å². The van der Waals surface area contributed by atoms with Crippen molar-refractivity contribution < 1.29 is 32.7 Å². The second-order valence-corrected chi connectivity index (χ2v) is 8.28. The van der Waals surface area contributed by atoms with Gasteiger partial charge in [-0.2, -0.15) is 10.3 Å². The molecule has 10 nitrogen and oxygen atoms in total. The SMILES string of the molecule is CCOP(=O)(OCC)[C@@H]1C[C@@H](C(=O)Nc2cc(OC)c(OC)cc2C#N)ON1C. The zero-order chi connectivity index (χ0) is 21.6. The van der Waals surface area contributed by atoms with E-state index in [1.54, 1.807) is 20.9 Å². The number of ether oxygens (including phenoxy) is 2. The van der Waals surface area contributed by atoms with Crippen LogP contribution in [0.4, 0.5) is 5.69 Å². The molecule has 1 saturated heterocycles. The van der Waals surface area contributed by atoms with Crippen molar-refractivity contribution in [2.75, 3.05) is 39.8 Å². The van der Waals surface area contributed by atoms with Gasteiger partial charge < -0.3 is 23.8 Å². The van der Waals surface area contributed by atoms with Crippen molar-refractivity contribution in [3.63, 3.8) is 0 Å². The third kappa shape index (κ3) is 5.07. The second kappa shape index (κ2) is 10.1. The summed E-state index contributed by atoms with van der Waals surface area (Å²) in [7, 11) is 0.985. The highest BCUT2D eigenvalue weighted by Crippen LogP contribution is 2.57. The van der Waals surface area contributed by atoms with Crippen LogP contribution in [0, 0.1) is 11.3 Å². The zero-order valence-electron chi connectivity index (χ0n) is 17.1. The smallest absolute Gasteiger partial charge is 0.350 e. The summed E-state index contributed by atoms with van der Waals surface area (Å²) in [5, 5.41) is 13.4. The number of hydrogen-bond acceptors (Lipinski definition) is 9. The van der Waals surface area contributed by atoms with Crippen molar-refractivity contribution in [3.05, 3.63) is 17.7 Å². The standard InChI is InChI=1S/C18H26N3O7P/c1-6-26-29(23,27-7-2)17-10-16(28-21(17)3)18(22)20-13-9-15(25-5)14(24-4)8-12(13)11-19/h8-9,16-17H,6-7,10H2,1-5H3,(H,20,22)/t16-,17+/m0/s1. The van der Waals surface area contributed by atoms with Gasteiger partial charge in [0.15, 0.2) is 17.6 Å². The molecule has 1 aliphatic heterocycles. The Morgan fingerprint density at radius 2 is 1.86 bits per heavy atom. The lowest BCUT2D eigenvalue weighted by atomic mass is 10.1. The Morgan fingerprint density at radius 1 is 1.28 bits per heavy atom. The first-order valence-electron chi connectivity index (χ1n) is 9.08. The summed E-state index contributed by atoms with van der Waals surface area (Å²) in [6.07, 6.45) is -0.826. The fourth-order valence-corrected chi connectivity index (χ4v) is 5.04. The first kappa shape index (κ1) is 23.1. The van der Waals surface area contributed by atoms with E-state index in [0.717, 1.165) is 0 Å². The van der Waals surface area contributed by atoms with Crippen LogP contribution in [-0.4, -0.2) is 57.3 Å². The molecule has 0 radical (unpaired) electrons. The third-order valence-electron chi connectivity index (χ3n) is 4.32. The first-order valence-corrected chi connectivity index (χ1v) is 10.7. The van der Waals surface area contributed by atoms with Crippen LogP contribution in [0.3, 0.4) is 0 Å². The number of methoxy groups -OCH3 is 2. The van der Waals surface area contributed by atoms with Gasteiger partial charge in [-0.05, 0) is 13.8 Å². The van der Waals surface area contributed by atoms with E-state index in [-0.39, 0.29) is 30.9 Å². The molecule has 1 heterocycles. The van der Waals surface area contributed by atoms with Crippen LogP contribution >= 0.6 is 7.60 Å². The minimum Gasteiger partial charge on any atom is -0.493 e. The first-order chi connectivity index (χ1) is 13.8. The highest BCUT2D eigenvalue weighted by Gasteiger charge is 2.48. The maximum Gasteiger partial charge on any atom is 0.350 e. The number of benzene rings is 1. The molecular formula is C18H26N3O7P. The quantitative estimate of drug-likeness (QED) is 0.593. The van der Waals surface area contributed by atoms with Gasteiger partial charge in [-0.1, -0.05) is 0 Å². The molecule has 1 aliphatic rings. The van der Waals surface area contributed by atoms with Gasteiger partial charge in [0, 0.05) is 25.6 Å². The summed E-state index contributed by atoms with van der Waals surface area (Å²) in [6.45, 7) is 3.84. The number of nitrogens with one attached hydrogen (secondary N) is 1. The number of amides is 1. The molecule has 1 N–H and O–H groups in total. The topological polar surface area (TPSA) is 119 Å². The van der Waals surface area contributed by atoms with E-state index in [9.17, 15) is 14.6 Å². The van der Waals surface area contributed by atoms with Gasteiger partial charge in [-0.3, -0.25) is 14.2 Å². The summed E-state index contributed by atoms with van der Waals surface area (Å²) >= 11 is 0. The van der Waals surface area contributed by atoms with Crippen LogP contribution < -0.4 is 14.8 Å². The van der Waals surface area contributed by atoms with Gasteiger partial charge in [-0.15, -0.1) is 0 Å². The molecule has 0 unspecified atom stereocenters. The third-order valence-corrected chi connectivity index (χ3v) is 6.82. The Labute approximate surface area is 170 Å². The molecular weight excluding hydrogens is 401 g/mol. The number of carbonyl (C=O) groups is 1. The Hall–Kier alpha value is -2.15. The highest BCUT2D eigenvalue weighted by atomic mass is 31.2. The van der Waals surface area contributed by atoms with Crippen LogP contribution in [-0.2, 0) is 23.2 Å². The molecule has 0 bridgehead atoms. The van der Waals surface area contributed by atoms with Crippen LogP contribution in [0.5, 0.6) is 11.5 Å². The molecule has 2 atom stereocenters. The van der Waals surface area contributed by atoms with E-state index in [1.165, 1.54) is 31.4 Å². The number of hydrogen-bond donors (Lipinski definition) is 1. The number of rotatable bonds is 9. The zero-order valence-corrected chi connectivity index (χ0v) is 18.0. The van der Waals surface area contributed by atoms with Crippen LogP contribution in [0.2, 0.25) is 0 Å². The maximum absolute atomic E-state index is 13.0. The minimum absolute atomic E-state index is 0.106. The Bertz CT molecular complexity index is 816. The molecule has 11 heteroatoms. The average Bonchev–Trinajstić information content (AvgIpc) is 3.10. The fourth-order valence-electron chi connectivity index (χ4n) is 2.99. The molecule has 1 fully saturated rings. The molecule has 0 aromatic heterocycles. The number of anilines is 1.